The number of aromatic amines is 1. The Bertz CT molecular complexity index is 907. The fourth-order valence-electron chi connectivity index (χ4n) is 3.91. The minimum Gasteiger partial charge on any atom is -0.329 e. The molecule has 0 aliphatic carbocycles. The van der Waals surface area contributed by atoms with E-state index >= 15 is 0 Å². The summed E-state index contributed by atoms with van der Waals surface area (Å²) in [7, 11) is 2.15. The molecule has 3 N–H and O–H groups in total. The minimum absolute atomic E-state index is 0.0471. The van der Waals surface area contributed by atoms with Crippen LogP contribution in [0.4, 0.5) is 10.5 Å². The Balaban J connectivity index is 1.52. The van der Waals surface area contributed by atoms with Crippen LogP contribution in [0.3, 0.4) is 0 Å². The molecule has 1 unspecified atom stereocenters. The van der Waals surface area contributed by atoms with Crippen molar-refractivity contribution in [3.05, 3.63) is 60.3 Å². The molecule has 1 fully saturated rings. The predicted octanol–water partition coefficient (Wildman–Crippen LogP) is 3.91. The number of carbonyl (C=O) groups excluding carboxylic acids is 1. The maximum Gasteiger partial charge on any atom is 0.319 e. The van der Waals surface area contributed by atoms with E-state index in [2.05, 4.69) is 44.9 Å². The number of rotatable bonds is 4. The van der Waals surface area contributed by atoms with Crippen LogP contribution in [0.1, 0.15) is 30.9 Å². The van der Waals surface area contributed by atoms with E-state index in [1.807, 2.05) is 36.4 Å². The van der Waals surface area contributed by atoms with Gasteiger partial charge in [-0.05, 0) is 50.2 Å². The summed E-state index contributed by atoms with van der Waals surface area (Å²) in [5.74, 6) is 0. The Morgan fingerprint density at radius 2 is 2.07 bits per heavy atom. The number of carbonyl (C=O) groups is 1. The molecule has 2 aromatic carbocycles. The molecule has 0 spiro atoms. The lowest BCUT2D eigenvalue weighted by atomic mass is 9.91. The van der Waals surface area contributed by atoms with Gasteiger partial charge in [-0.25, -0.2) is 4.79 Å². The van der Waals surface area contributed by atoms with Crippen molar-refractivity contribution in [2.45, 2.75) is 31.3 Å². The molecule has 1 saturated heterocycles. The van der Waals surface area contributed by atoms with E-state index in [4.69, 9.17) is 0 Å². The van der Waals surface area contributed by atoms with Crippen LogP contribution in [0.25, 0.3) is 10.9 Å². The third-order valence-electron chi connectivity index (χ3n) is 5.35. The molecule has 0 bridgehead atoms. The predicted molar refractivity (Wildman–Crippen MR) is 108 cm³/mol. The summed E-state index contributed by atoms with van der Waals surface area (Å²) < 4.78 is 0. The molecule has 3 aromatic rings. The van der Waals surface area contributed by atoms with Crippen LogP contribution in [0, 0.1) is 0 Å². The monoisotopic (exact) mass is 363 g/mol. The Morgan fingerprint density at radius 3 is 2.89 bits per heavy atom. The van der Waals surface area contributed by atoms with E-state index in [1.165, 1.54) is 12.8 Å². The number of likely N-dealkylation sites (N-methyl/N-ethyl adjacent to an activating group) is 1. The molecule has 6 heteroatoms. The van der Waals surface area contributed by atoms with Crippen molar-refractivity contribution in [3.63, 3.8) is 0 Å². The van der Waals surface area contributed by atoms with Crippen LogP contribution < -0.4 is 10.6 Å². The number of H-pyrrole nitrogens is 1. The highest BCUT2D eigenvalue weighted by molar-refractivity contribution is 5.92. The van der Waals surface area contributed by atoms with Crippen LogP contribution in [0.5, 0.6) is 0 Å². The van der Waals surface area contributed by atoms with Gasteiger partial charge in [-0.3, -0.25) is 5.10 Å². The average Bonchev–Trinajstić information content (AvgIpc) is 3.15. The highest BCUT2D eigenvalue weighted by atomic mass is 16.2. The number of fused-ring (bicyclic) bond motifs is 1. The molecule has 1 aliphatic heterocycles. The second kappa shape index (κ2) is 7.80. The van der Waals surface area contributed by atoms with Crippen LogP contribution in [0.2, 0.25) is 0 Å². The van der Waals surface area contributed by atoms with Crippen molar-refractivity contribution in [2.24, 2.45) is 0 Å². The molecule has 2 heterocycles. The molecule has 0 radical (unpaired) electrons. The highest BCUT2D eigenvalue weighted by Crippen LogP contribution is 2.28. The van der Waals surface area contributed by atoms with Crippen LogP contribution in [-0.2, 0) is 0 Å². The molecule has 27 heavy (non-hydrogen) atoms. The quantitative estimate of drug-likeness (QED) is 0.658. The van der Waals surface area contributed by atoms with E-state index in [0.717, 1.165) is 35.1 Å². The Hall–Kier alpha value is -2.86. The van der Waals surface area contributed by atoms with E-state index in [9.17, 15) is 4.79 Å². The third-order valence-corrected chi connectivity index (χ3v) is 5.35. The smallest absolute Gasteiger partial charge is 0.319 e. The van der Waals surface area contributed by atoms with Crippen molar-refractivity contribution >= 4 is 22.6 Å². The van der Waals surface area contributed by atoms with Gasteiger partial charge in [0.25, 0.3) is 0 Å². The van der Waals surface area contributed by atoms with Gasteiger partial charge < -0.3 is 15.5 Å². The van der Waals surface area contributed by atoms with Gasteiger partial charge in [0.2, 0.25) is 0 Å². The second-order valence-electron chi connectivity index (χ2n) is 7.20. The number of benzene rings is 2. The Morgan fingerprint density at radius 1 is 1.22 bits per heavy atom. The molecule has 1 aromatic heterocycles. The van der Waals surface area contributed by atoms with Gasteiger partial charge in [0.15, 0.2) is 0 Å². The van der Waals surface area contributed by atoms with E-state index in [0.29, 0.717) is 6.04 Å². The number of likely N-dealkylation sites (tertiary alicyclic amines) is 1. The number of hydrogen-bond acceptors (Lipinski definition) is 3. The topological polar surface area (TPSA) is 73.1 Å². The van der Waals surface area contributed by atoms with Crippen molar-refractivity contribution in [3.8, 4) is 0 Å². The van der Waals surface area contributed by atoms with Crippen molar-refractivity contribution in [1.82, 2.24) is 20.4 Å². The minimum atomic E-state index is -0.189. The van der Waals surface area contributed by atoms with Crippen LogP contribution in [0.15, 0.2) is 54.7 Å². The van der Waals surface area contributed by atoms with Crippen molar-refractivity contribution in [1.29, 1.82) is 0 Å². The van der Waals surface area contributed by atoms with Gasteiger partial charge in [-0.2, -0.15) is 5.10 Å². The fraction of sp³-hybridized carbons (Fsp3) is 0.333. The number of anilines is 1. The van der Waals surface area contributed by atoms with Gasteiger partial charge in [0.05, 0.1) is 17.8 Å². The van der Waals surface area contributed by atoms with Crippen molar-refractivity contribution < 1.29 is 4.79 Å². The first-order valence-electron chi connectivity index (χ1n) is 9.46. The molecular formula is C21H25N5O. The number of urea groups is 1. The molecule has 4 rings (SSSR count). The highest BCUT2D eigenvalue weighted by Gasteiger charge is 2.30. The molecular weight excluding hydrogens is 338 g/mol. The fourth-order valence-corrected chi connectivity index (χ4v) is 3.91. The number of nitrogens with one attached hydrogen (secondary N) is 3. The first-order valence-corrected chi connectivity index (χ1v) is 9.46. The zero-order valence-electron chi connectivity index (χ0n) is 15.5. The lowest BCUT2D eigenvalue weighted by molar-refractivity contribution is 0.147. The normalized spacial score (nSPS) is 18.9. The molecule has 6 nitrogen and oxygen atoms in total. The summed E-state index contributed by atoms with van der Waals surface area (Å²) in [6.45, 7) is 1.06. The average molecular weight is 363 g/mol. The number of nitrogens with zero attached hydrogens (tertiary/aromatic N) is 2. The maximum absolute atomic E-state index is 12.8. The maximum atomic E-state index is 12.8. The second-order valence-corrected chi connectivity index (χ2v) is 7.20. The zero-order valence-corrected chi connectivity index (χ0v) is 15.5. The summed E-state index contributed by atoms with van der Waals surface area (Å²) in [4.78, 5) is 15.1. The third kappa shape index (κ3) is 3.95. The molecule has 1 aliphatic rings. The zero-order chi connectivity index (χ0) is 18.6. The Labute approximate surface area is 159 Å². The summed E-state index contributed by atoms with van der Waals surface area (Å²) >= 11 is 0. The van der Waals surface area contributed by atoms with E-state index in [-0.39, 0.29) is 12.1 Å². The van der Waals surface area contributed by atoms with Gasteiger partial charge in [0, 0.05) is 17.1 Å². The standard InChI is InChI=1S/C21H25N5O/c1-26-12-6-5-9-19(26)20(15-7-3-2-4-8-15)24-21(27)23-17-10-11-18-16(13-17)14-22-25-18/h2-4,7-8,10-11,13-14,19-20H,5-6,9,12H2,1H3,(H,22,25)(H2,23,24,27)/t19-,20?/m1/s1. The number of hydrogen-bond donors (Lipinski definition) is 3. The van der Waals surface area contributed by atoms with Crippen LogP contribution >= 0.6 is 0 Å². The number of amides is 2. The summed E-state index contributed by atoms with van der Waals surface area (Å²) in [6, 6.07) is 16.0. The number of aromatic nitrogens is 2. The summed E-state index contributed by atoms with van der Waals surface area (Å²) in [6.07, 6.45) is 5.24. The van der Waals surface area contributed by atoms with E-state index in [1.54, 1.807) is 6.20 Å². The van der Waals surface area contributed by atoms with Gasteiger partial charge in [-0.1, -0.05) is 36.8 Å². The lowest BCUT2D eigenvalue weighted by Crippen LogP contribution is -2.47. The lowest BCUT2D eigenvalue weighted by Gasteiger charge is -2.38. The first-order chi connectivity index (χ1) is 13.2. The first kappa shape index (κ1) is 17.5. The molecule has 2 amide bonds. The van der Waals surface area contributed by atoms with E-state index < -0.39 is 0 Å². The van der Waals surface area contributed by atoms with Crippen LogP contribution in [-0.4, -0.2) is 40.8 Å². The van der Waals surface area contributed by atoms with Gasteiger partial charge in [-0.15, -0.1) is 0 Å². The van der Waals surface area contributed by atoms with Gasteiger partial charge in [0.1, 0.15) is 0 Å². The van der Waals surface area contributed by atoms with Gasteiger partial charge >= 0.3 is 6.03 Å². The largest absolute Gasteiger partial charge is 0.329 e. The molecule has 0 saturated carbocycles. The molecule has 140 valence electrons. The SMILES string of the molecule is CN1CCCC[C@@H]1C(NC(=O)Nc1ccc2[nH]ncc2c1)c1ccccc1. The summed E-state index contributed by atoms with van der Waals surface area (Å²) in [5, 5.41) is 14.1. The molecule has 2 atom stereocenters. The van der Waals surface area contributed by atoms with Crippen molar-refractivity contribution in [2.75, 3.05) is 18.9 Å². The summed E-state index contributed by atoms with van der Waals surface area (Å²) in [5.41, 5.74) is 2.84. The Kier molecular flexibility index (Phi) is 5.07. The number of piperidine rings is 1.